The fourth-order valence-corrected chi connectivity index (χ4v) is 5.36. The standard InChI is InChI=1S/C31H36N6O2/c1-29(2,3)39-28(38)37-31(16-5-17-31)27-34-19-25(36-27)23-12-8-21(9-13-23)20-6-10-22(11-7-20)24-18-33-26(35-24)30(32)14-4-15-30/h6-13,18-19H,4-5,14-17,32H2,1-3H3,(H,33,35)(H,34,36)(H,37,38). The van der Waals surface area contributed by atoms with E-state index in [1.807, 2.05) is 33.2 Å². The third-order valence-electron chi connectivity index (χ3n) is 7.99. The van der Waals surface area contributed by atoms with Crippen molar-refractivity contribution in [1.82, 2.24) is 25.3 Å². The van der Waals surface area contributed by atoms with Crippen LogP contribution in [0.4, 0.5) is 4.79 Å². The number of aromatic nitrogens is 4. The molecule has 0 saturated heterocycles. The van der Waals surface area contributed by atoms with Gasteiger partial charge in [0.15, 0.2) is 0 Å². The third kappa shape index (κ3) is 4.96. The summed E-state index contributed by atoms with van der Waals surface area (Å²) in [6.07, 6.45) is 9.14. The van der Waals surface area contributed by atoms with Gasteiger partial charge in [0.25, 0.3) is 0 Å². The van der Waals surface area contributed by atoms with Crippen molar-refractivity contribution in [3.63, 3.8) is 0 Å². The number of alkyl carbamates (subject to hydrolysis) is 1. The summed E-state index contributed by atoms with van der Waals surface area (Å²) in [5, 5.41) is 3.06. The van der Waals surface area contributed by atoms with Crippen molar-refractivity contribution < 1.29 is 9.53 Å². The molecule has 2 heterocycles. The van der Waals surface area contributed by atoms with Crippen molar-refractivity contribution in [2.24, 2.45) is 5.73 Å². The van der Waals surface area contributed by atoms with E-state index in [0.717, 1.165) is 83.8 Å². The number of carbonyl (C=O) groups is 1. The molecule has 0 spiro atoms. The van der Waals surface area contributed by atoms with Gasteiger partial charge in [0.2, 0.25) is 0 Å². The van der Waals surface area contributed by atoms with Crippen LogP contribution in [0.1, 0.15) is 70.9 Å². The van der Waals surface area contributed by atoms with Crippen molar-refractivity contribution in [1.29, 1.82) is 0 Å². The molecule has 2 saturated carbocycles. The predicted octanol–water partition coefficient (Wildman–Crippen LogP) is 6.38. The van der Waals surface area contributed by atoms with Crippen molar-refractivity contribution in [3.8, 4) is 33.6 Å². The highest BCUT2D eigenvalue weighted by molar-refractivity contribution is 5.72. The molecule has 8 nitrogen and oxygen atoms in total. The van der Waals surface area contributed by atoms with Gasteiger partial charge in [-0.2, -0.15) is 0 Å². The number of nitrogens with two attached hydrogens (primary N) is 1. The molecular weight excluding hydrogens is 488 g/mol. The van der Waals surface area contributed by atoms with Gasteiger partial charge in [-0.05, 0) is 81.5 Å². The smallest absolute Gasteiger partial charge is 0.408 e. The second-order valence-corrected chi connectivity index (χ2v) is 12.0. The molecule has 0 radical (unpaired) electrons. The van der Waals surface area contributed by atoms with E-state index in [0.29, 0.717) is 0 Å². The number of amides is 1. The van der Waals surface area contributed by atoms with Crippen LogP contribution in [0.5, 0.6) is 0 Å². The summed E-state index contributed by atoms with van der Waals surface area (Å²) in [5.74, 6) is 1.66. The number of nitrogens with one attached hydrogen (secondary N) is 3. The maximum absolute atomic E-state index is 12.5. The lowest BCUT2D eigenvalue weighted by molar-refractivity contribution is 0.0366. The van der Waals surface area contributed by atoms with E-state index in [2.05, 4.69) is 73.8 Å². The molecule has 8 heteroatoms. The highest BCUT2D eigenvalue weighted by Crippen LogP contribution is 2.41. The molecule has 4 aromatic rings. The first-order valence-corrected chi connectivity index (χ1v) is 13.7. The zero-order chi connectivity index (χ0) is 27.3. The van der Waals surface area contributed by atoms with Crippen LogP contribution < -0.4 is 11.1 Å². The van der Waals surface area contributed by atoms with Gasteiger partial charge in [-0.3, -0.25) is 0 Å². The highest BCUT2D eigenvalue weighted by atomic mass is 16.6. The fraction of sp³-hybridized carbons (Fsp3) is 0.387. The number of carbonyl (C=O) groups excluding carboxylic acids is 1. The molecule has 202 valence electrons. The van der Waals surface area contributed by atoms with Crippen LogP contribution in [0.25, 0.3) is 33.6 Å². The summed E-state index contributed by atoms with van der Waals surface area (Å²) < 4.78 is 5.49. The Bertz CT molecular complexity index is 1470. The van der Waals surface area contributed by atoms with E-state index in [1.54, 1.807) is 0 Å². The fourth-order valence-electron chi connectivity index (χ4n) is 5.36. The molecule has 5 N–H and O–H groups in total. The summed E-state index contributed by atoms with van der Waals surface area (Å²) >= 11 is 0. The average molecular weight is 525 g/mol. The Labute approximate surface area is 228 Å². The molecule has 2 aromatic heterocycles. The Morgan fingerprint density at radius 1 is 0.795 bits per heavy atom. The van der Waals surface area contributed by atoms with Crippen LogP contribution in [0.2, 0.25) is 0 Å². The van der Waals surface area contributed by atoms with Gasteiger partial charge in [-0.25, -0.2) is 14.8 Å². The van der Waals surface area contributed by atoms with Crippen LogP contribution >= 0.6 is 0 Å². The van der Waals surface area contributed by atoms with E-state index in [4.69, 9.17) is 10.5 Å². The molecule has 6 rings (SSSR count). The van der Waals surface area contributed by atoms with Crippen molar-refractivity contribution >= 4 is 6.09 Å². The number of H-pyrrole nitrogens is 2. The Morgan fingerprint density at radius 3 is 1.69 bits per heavy atom. The molecule has 0 atom stereocenters. The van der Waals surface area contributed by atoms with Gasteiger partial charge in [0.1, 0.15) is 22.8 Å². The highest BCUT2D eigenvalue weighted by Gasteiger charge is 2.43. The maximum Gasteiger partial charge on any atom is 0.408 e. The summed E-state index contributed by atoms with van der Waals surface area (Å²) in [4.78, 5) is 28.5. The molecule has 2 aliphatic rings. The number of aromatic amines is 2. The molecule has 0 aliphatic heterocycles. The normalized spacial score (nSPS) is 17.6. The Balaban J connectivity index is 1.15. The molecule has 0 unspecified atom stereocenters. The maximum atomic E-state index is 12.5. The average Bonchev–Trinajstić information content (AvgIpc) is 3.55. The summed E-state index contributed by atoms with van der Waals surface area (Å²) in [5.41, 5.74) is 11.4. The SMILES string of the molecule is CC(C)(C)OC(=O)NC1(c2ncc(-c3ccc(-c4ccc(-c5cnc(C6(N)CCC6)[nH]5)cc4)cc3)[nH]2)CCC1. The van der Waals surface area contributed by atoms with Crippen LogP contribution in [0.15, 0.2) is 60.9 Å². The van der Waals surface area contributed by atoms with Crippen LogP contribution in [0, 0.1) is 0 Å². The molecule has 2 aromatic carbocycles. The minimum atomic E-state index is -0.544. The lowest BCUT2D eigenvalue weighted by Crippen LogP contribution is -2.52. The van der Waals surface area contributed by atoms with Gasteiger partial charge in [-0.1, -0.05) is 48.5 Å². The van der Waals surface area contributed by atoms with E-state index in [1.165, 1.54) is 0 Å². The van der Waals surface area contributed by atoms with Gasteiger partial charge < -0.3 is 25.8 Å². The number of hydrogen-bond acceptors (Lipinski definition) is 5. The number of nitrogens with zero attached hydrogens (tertiary/aromatic N) is 2. The summed E-state index contributed by atoms with van der Waals surface area (Å²) in [6.45, 7) is 5.59. The second-order valence-electron chi connectivity index (χ2n) is 12.0. The first kappa shape index (κ1) is 25.4. The first-order valence-electron chi connectivity index (χ1n) is 13.7. The lowest BCUT2D eigenvalue weighted by Gasteiger charge is -2.40. The minimum absolute atomic E-state index is 0.289. The lowest BCUT2D eigenvalue weighted by atomic mass is 9.76. The van der Waals surface area contributed by atoms with Crippen LogP contribution in [0.3, 0.4) is 0 Å². The number of ether oxygens (including phenoxy) is 1. The van der Waals surface area contributed by atoms with Crippen molar-refractivity contribution in [3.05, 3.63) is 72.6 Å². The minimum Gasteiger partial charge on any atom is -0.444 e. The Hall–Kier alpha value is -3.91. The first-order chi connectivity index (χ1) is 18.6. The quantitative estimate of drug-likeness (QED) is 0.233. The van der Waals surface area contributed by atoms with E-state index >= 15 is 0 Å². The van der Waals surface area contributed by atoms with Crippen LogP contribution in [-0.2, 0) is 15.8 Å². The van der Waals surface area contributed by atoms with Gasteiger partial charge >= 0.3 is 6.09 Å². The Kier molecular flexibility index (Phi) is 6.10. The van der Waals surface area contributed by atoms with Crippen LogP contribution in [-0.4, -0.2) is 31.6 Å². The second kappa shape index (κ2) is 9.38. The number of hydrogen-bond donors (Lipinski definition) is 4. The number of benzene rings is 2. The van der Waals surface area contributed by atoms with Crippen molar-refractivity contribution in [2.45, 2.75) is 76.0 Å². The third-order valence-corrected chi connectivity index (χ3v) is 7.99. The molecule has 2 fully saturated rings. The number of rotatable bonds is 6. The topological polar surface area (TPSA) is 122 Å². The predicted molar refractivity (Wildman–Crippen MR) is 152 cm³/mol. The molecule has 2 aliphatic carbocycles. The summed E-state index contributed by atoms with van der Waals surface area (Å²) in [7, 11) is 0. The van der Waals surface area contributed by atoms with E-state index in [9.17, 15) is 4.79 Å². The van der Waals surface area contributed by atoms with E-state index < -0.39 is 17.2 Å². The van der Waals surface area contributed by atoms with Gasteiger partial charge in [0, 0.05) is 0 Å². The number of imidazole rings is 2. The van der Waals surface area contributed by atoms with Gasteiger partial charge in [0.05, 0.1) is 29.3 Å². The summed E-state index contributed by atoms with van der Waals surface area (Å²) in [6, 6.07) is 16.9. The molecule has 39 heavy (non-hydrogen) atoms. The largest absolute Gasteiger partial charge is 0.444 e. The van der Waals surface area contributed by atoms with Crippen molar-refractivity contribution in [2.75, 3.05) is 0 Å². The zero-order valence-electron chi connectivity index (χ0n) is 22.8. The molecular formula is C31H36N6O2. The molecule has 1 amide bonds. The van der Waals surface area contributed by atoms with E-state index in [-0.39, 0.29) is 5.54 Å². The Morgan fingerprint density at radius 2 is 1.26 bits per heavy atom. The molecule has 0 bridgehead atoms. The monoisotopic (exact) mass is 524 g/mol. The zero-order valence-corrected chi connectivity index (χ0v) is 22.8. The van der Waals surface area contributed by atoms with Gasteiger partial charge in [-0.15, -0.1) is 0 Å².